The Morgan fingerprint density at radius 3 is 2.38 bits per heavy atom. The van der Waals surface area contributed by atoms with Gasteiger partial charge in [0.25, 0.3) is 0 Å². The number of carbonyl (C=O) groups excluding carboxylic acids is 2. The van der Waals surface area contributed by atoms with Gasteiger partial charge in [-0.2, -0.15) is 0 Å². The molecule has 132 valence electrons. The quantitative estimate of drug-likeness (QED) is 0.756. The molecule has 2 fully saturated rings. The third-order valence-electron chi connectivity index (χ3n) is 4.66. The molecular weight excluding hydrogens is 330 g/mol. The van der Waals surface area contributed by atoms with Crippen LogP contribution in [-0.2, 0) is 14.3 Å². The average molecular weight is 354 g/mol. The molecule has 2 aliphatic rings. The summed E-state index contributed by atoms with van der Waals surface area (Å²) in [6.45, 7) is 1.42. The molecule has 1 saturated heterocycles. The first kappa shape index (κ1) is 18.7. The van der Waals surface area contributed by atoms with Crippen molar-refractivity contribution in [3.05, 3.63) is 24.3 Å². The number of hydrogen-bond acceptors (Lipinski definition) is 4. The third-order valence-corrected chi connectivity index (χ3v) is 4.66. The van der Waals surface area contributed by atoms with E-state index < -0.39 is 5.41 Å². The van der Waals surface area contributed by atoms with Crippen molar-refractivity contribution in [3.63, 3.8) is 0 Å². The van der Waals surface area contributed by atoms with Gasteiger partial charge in [0.15, 0.2) is 0 Å². The molecule has 3 rings (SSSR count). The van der Waals surface area contributed by atoms with Crippen molar-refractivity contribution < 1.29 is 14.3 Å². The molecule has 1 aliphatic carbocycles. The number of anilines is 2. The van der Waals surface area contributed by atoms with E-state index in [9.17, 15) is 9.59 Å². The molecular formula is C17H24ClN3O3. The summed E-state index contributed by atoms with van der Waals surface area (Å²) in [5.74, 6) is 0.126. The number of hydrogen-bond donors (Lipinski definition) is 3. The second kappa shape index (κ2) is 7.96. The molecule has 0 radical (unpaired) electrons. The maximum atomic E-state index is 12.6. The Hall–Kier alpha value is -1.63. The lowest BCUT2D eigenvalue weighted by atomic mass is 9.79. The van der Waals surface area contributed by atoms with Crippen molar-refractivity contribution in [1.82, 2.24) is 0 Å². The van der Waals surface area contributed by atoms with Crippen LogP contribution in [0.15, 0.2) is 24.3 Å². The van der Waals surface area contributed by atoms with Crippen LogP contribution in [0.3, 0.4) is 0 Å². The van der Waals surface area contributed by atoms with Gasteiger partial charge < -0.3 is 21.1 Å². The van der Waals surface area contributed by atoms with Crippen LogP contribution < -0.4 is 16.4 Å². The van der Waals surface area contributed by atoms with Crippen LogP contribution in [0.5, 0.6) is 0 Å². The Kier molecular flexibility index (Phi) is 6.21. The van der Waals surface area contributed by atoms with Crippen molar-refractivity contribution in [2.45, 2.75) is 25.7 Å². The van der Waals surface area contributed by atoms with Gasteiger partial charge in [0.05, 0.1) is 5.41 Å². The summed E-state index contributed by atoms with van der Waals surface area (Å²) in [4.78, 5) is 24.5. The maximum Gasteiger partial charge on any atom is 0.232 e. The topological polar surface area (TPSA) is 93.5 Å². The molecule has 4 N–H and O–H groups in total. The molecule has 0 aromatic heterocycles. The number of rotatable bonds is 5. The molecule has 1 saturated carbocycles. The number of halogens is 1. The Balaban J connectivity index is 0.00000208. The van der Waals surface area contributed by atoms with Gasteiger partial charge in [0, 0.05) is 37.1 Å². The Morgan fingerprint density at radius 2 is 1.79 bits per heavy atom. The SMILES string of the molecule is Cl.NCC1(C(=O)Nc2cccc(NC(=O)C3CC3)c2)CCOCC1. The van der Waals surface area contributed by atoms with Gasteiger partial charge in [-0.05, 0) is 43.9 Å². The minimum Gasteiger partial charge on any atom is -0.381 e. The lowest BCUT2D eigenvalue weighted by Gasteiger charge is -2.34. The Bertz CT molecular complexity index is 598. The minimum absolute atomic E-state index is 0. The van der Waals surface area contributed by atoms with Crippen LogP contribution in [0.25, 0.3) is 0 Å². The molecule has 1 aliphatic heterocycles. The number of nitrogens with one attached hydrogen (secondary N) is 2. The highest BCUT2D eigenvalue weighted by Crippen LogP contribution is 2.32. The summed E-state index contributed by atoms with van der Waals surface area (Å²) in [6, 6.07) is 7.23. The fourth-order valence-electron chi connectivity index (χ4n) is 2.81. The number of amides is 2. The number of carbonyl (C=O) groups is 2. The monoisotopic (exact) mass is 353 g/mol. The predicted molar refractivity (Wildman–Crippen MR) is 95.2 cm³/mol. The smallest absolute Gasteiger partial charge is 0.232 e. The highest BCUT2D eigenvalue weighted by molar-refractivity contribution is 5.97. The van der Waals surface area contributed by atoms with E-state index in [0.29, 0.717) is 44.0 Å². The Labute approximate surface area is 147 Å². The average Bonchev–Trinajstić information content (AvgIpc) is 3.41. The first-order valence-electron chi connectivity index (χ1n) is 8.13. The van der Waals surface area contributed by atoms with Gasteiger partial charge in [-0.15, -0.1) is 12.4 Å². The van der Waals surface area contributed by atoms with Crippen LogP contribution in [0.1, 0.15) is 25.7 Å². The minimum atomic E-state index is -0.564. The molecule has 0 bridgehead atoms. The fraction of sp³-hybridized carbons (Fsp3) is 0.529. The normalized spacial score (nSPS) is 19.0. The summed E-state index contributed by atoms with van der Waals surface area (Å²) in [5.41, 5.74) is 6.66. The molecule has 6 nitrogen and oxygen atoms in total. The molecule has 0 spiro atoms. The molecule has 1 heterocycles. The van der Waals surface area contributed by atoms with E-state index in [1.807, 2.05) is 18.2 Å². The first-order valence-corrected chi connectivity index (χ1v) is 8.13. The van der Waals surface area contributed by atoms with Crippen molar-refractivity contribution in [2.75, 3.05) is 30.4 Å². The second-order valence-corrected chi connectivity index (χ2v) is 6.40. The molecule has 7 heteroatoms. The molecule has 1 aromatic rings. The lowest BCUT2D eigenvalue weighted by Crippen LogP contribution is -2.46. The van der Waals surface area contributed by atoms with E-state index >= 15 is 0 Å². The molecule has 1 aromatic carbocycles. The lowest BCUT2D eigenvalue weighted by molar-refractivity contribution is -0.130. The van der Waals surface area contributed by atoms with Gasteiger partial charge in [0.2, 0.25) is 11.8 Å². The van der Waals surface area contributed by atoms with Crippen LogP contribution in [0.4, 0.5) is 11.4 Å². The number of nitrogens with two attached hydrogens (primary N) is 1. The Morgan fingerprint density at radius 1 is 1.17 bits per heavy atom. The van der Waals surface area contributed by atoms with E-state index in [4.69, 9.17) is 10.5 Å². The van der Waals surface area contributed by atoms with Gasteiger partial charge >= 0.3 is 0 Å². The maximum absolute atomic E-state index is 12.6. The van der Waals surface area contributed by atoms with Crippen LogP contribution in [0.2, 0.25) is 0 Å². The van der Waals surface area contributed by atoms with Crippen LogP contribution >= 0.6 is 12.4 Å². The summed E-state index contributed by atoms with van der Waals surface area (Å²) >= 11 is 0. The predicted octanol–water partition coefficient (Wildman–Crippen LogP) is 2.15. The molecule has 0 atom stereocenters. The summed E-state index contributed by atoms with van der Waals surface area (Å²) in [5, 5.41) is 5.82. The van der Waals surface area contributed by atoms with E-state index in [1.54, 1.807) is 6.07 Å². The second-order valence-electron chi connectivity index (χ2n) is 6.40. The first-order chi connectivity index (χ1) is 11.1. The van der Waals surface area contributed by atoms with E-state index in [0.717, 1.165) is 12.8 Å². The highest BCUT2D eigenvalue weighted by Gasteiger charge is 2.38. The molecule has 24 heavy (non-hydrogen) atoms. The van der Waals surface area contributed by atoms with Gasteiger partial charge in [-0.1, -0.05) is 6.07 Å². The fourth-order valence-corrected chi connectivity index (χ4v) is 2.81. The largest absolute Gasteiger partial charge is 0.381 e. The highest BCUT2D eigenvalue weighted by atomic mass is 35.5. The zero-order chi connectivity index (χ0) is 16.3. The van der Waals surface area contributed by atoms with Gasteiger partial charge in [0.1, 0.15) is 0 Å². The van der Waals surface area contributed by atoms with Crippen LogP contribution in [-0.4, -0.2) is 31.6 Å². The van der Waals surface area contributed by atoms with E-state index in [1.165, 1.54) is 0 Å². The number of benzene rings is 1. The number of ether oxygens (including phenoxy) is 1. The van der Waals surface area contributed by atoms with Crippen molar-refractivity contribution in [3.8, 4) is 0 Å². The zero-order valence-corrected chi connectivity index (χ0v) is 14.4. The summed E-state index contributed by atoms with van der Waals surface area (Å²) < 4.78 is 5.34. The summed E-state index contributed by atoms with van der Waals surface area (Å²) in [7, 11) is 0. The van der Waals surface area contributed by atoms with Crippen LogP contribution in [0, 0.1) is 11.3 Å². The molecule has 2 amide bonds. The van der Waals surface area contributed by atoms with Gasteiger partial charge in [-0.3, -0.25) is 9.59 Å². The van der Waals surface area contributed by atoms with E-state index in [2.05, 4.69) is 10.6 Å². The zero-order valence-electron chi connectivity index (χ0n) is 13.5. The van der Waals surface area contributed by atoms with Gasteiger partial charge in [-0.25, -0.2) is 0 Å². The van der Waals surface area contributed by atoms with Crippen molar-refractivity contribution in [1.29, 1.82) is 0 Å². The standard InChI is InChI=1S/C17H23N3O3.ClH/c18-11-17(6-8-23-9-7-17)16(22)20-14-3-1-2-13(10-14)19-15(21)12-4-5-12;/h1-3,10,12H,4-9,11,18H2,(H,19,21)(H,20,22);1H. The molecule has 0 unspecified atom stereocenters. The van der Waals surface area contributed by atoms with Crippen molar-refractivity contribution >= 4 is 35.6 Å². The third kappa shape index (κ3) is 4.26. The van der Waals surface area contributed by atoms with E-state index in [-0.39, 0.29) is 30.1 Å². The summed E-state index contributed by atoms with van der Waals surface area (Å²) in [6.07, 6.45) is 3.19. The van der Waals surface area contributed by atoms with Crippen molar-refractivity contribution in [2.24, 2.45) is 17.1 Å².